The maximum atomic E-state index is 13.3. The third kappa shape index (κ3) is 3.02. The lowest BCUT2D eigenvalue weighted by Crippen LogP contribution is -2.19. The van der Waals surface area contributed by atoms with Crippen LogP contribution in [0.25, 0.3) is 5.65 Å². The van der Waals surface area contributed by atoms with E-state index in [1.807, 2.05) is 0 Å². The van der Waals surface area contributed by atoms with E-state index in [-0.39, 0.29) is 23.1 Å². The average molecular weight is 358 g/mol. The molecule has 10 heteroatoms. The topological polar surface area (TPSA) is 117 Å². The van der Waals surface area contributed by atoms with Gasteiger partial charge in [0.1, 0.15) is 23.1 Å². The molecular formula is C16H15FN6O3. The first-order chi connectivity index (χ1) is 12.6. The van der Waals surface area contributed by atoms with E-state index in [0.29, 0.717) is 24.7 Å². The van der Waals surface area contributed by atoms with Crippen LogP contribution in [0.1, 0.15) is 16.8 Å². The molecule has 0 bridgehead atoms. The number of nitrogen functional groups attached to an aromatic ring is 1. The highest BCUT2D eigenvalue weighted by atomic mass is 19.1. The summed E-state index contributed by atoms with van der Waals surface area (Å²) in [5.74, 6) is -0.722. The van der Waals surface area contributed by atoms with E-state index in [2.05, 4.69) is 20.4 Å². The van der Waals surface area contributed by atoms with Crippen LogP contribution >= 0.6 is 0 Å². The number of ether oxygens (including phenoxy) is 2. The van der Waals surface area contributed by atoms with Crippen LogP contribution in [-0.4, -0.2) is 44.8 Å². The minimum absolute atomic E-state index is 0.0454. The highest BCUT2D eigenvalue weighted by Crippen LogP contribution is 2.27. The van der Waals surface area contributed by atoms with E-state index in [1.54, 1.807) is 12.3 Å². The molecule has 0 aliphatic carbocycles. The molecule has 26 heavy (non-hydrogen) atoms. The molecule has 0 saturated carbocycles. The normalized spacial score (nSPS) is 16.7. The number of rotatable bonds is 4. The maximum absolute atomic E-state index is 13.3. The van der Waals surface area contributed by atoms with E-state index < -0.39 is 11.7 Å². The molecule has 1 fully saturated rings. The van der Waals surface area contributed by atoms with Crippen molar-refractivity contribution in [3.63, 3.8) is 0 Å². The summed E-state index contributed by atoms with van der Waals surface area (Å²) in [6.45, 7) is 1.13. The highest BCUT2D eigenvalue weighted by molar-refractivity contribution is 6.11. The van der Waals surface area contributed by atoms with Gasteiger partial charge in [0.2, 0.25) is 0 Å². The number of hydrogen-bond acceptors (Lipinski definition) is 7. The molecule has 3 aromatic heterocycles. The van der Waals surface area contributed by atoms with Crippen molar-refractivity contribution in [3.8, 4) is 5.75 Å². The molecule has 1 amide bonds. The first kappa shape index (κ1) is 16.2. The summed E-state index contributed by atoms with van der Waals surface area (Å²) in [5.41, 5.74) is 6.38. The van der Waals surface area contributed by atoms with E-state index in [9.17, 15) is 9.18 Å². The number of aromatic nitrogens is 4. The van der Waals surface area contributed by atoms with Crippen LogP contribution < -0.4 is 15.8 Å². The SMILES string of the molecule is Nc1nn2cc(F)cnc2c1C(=O)Nc1cnccc1OC1CCOC1. The molecule has 4 rings (SSSR count). The molecule has 4 heterocycles. The Morgan fingerprint density at radius 3 is 3.15 bits per heavy atom. The summed E-state index contributed by atoms with van der Waals surface area (Å²) >= 11 is 0. The summed E-state index contributed by atoms with van der Waals surface area (Å²) < 4.78 is 25.5. The quantitative estimate of drug-likeness (QED) is 0.721. The van der Waals surface area contributed by atoms with E-state index in [1.165, 1.54) is 6.20 Å². The number of pyridine rings is 1. The van der Waals surface area contributed by atoms with Gasteiger partial charge in [-0.05, 0) is 0 Å². The molecule has 0 radical (unpaired) electrons. The monoisotopic (exact) mass is 358 g/mol. The fourth-order valence-electron chi connectivity index (χ4n) is 2.70. The Bertz CT molecular complexity index is 970. The summed E-state index contributed by atoms with van der Waals surface area (Å²) in [6.07, 6.45) is 5.80. The van der Waals surface area contributed by atoms with E-state index >= 15 is 0 Å². The predicted molar refractivity (Wildman–Crippen MR) is 89.4 cm³/mol. The van der Waals surface area contributed by atoms with Crippen LogP contribution in [0.3, 0.4) is 0 Å². The number of halogens is 1. The largest absolute Gasteiger partial charge is 0.486 e. The van der Waals surface area contributed by atoms with Gasteiger partial charge in [-0.15, -0.1) is 5.10 Å². The predicted octanol–water partition coefficient (Wildman–Crippen LogP) is 1.27. The Morgan fingerprint density at radius 1 is 1.46 bits per heavy atom. The summed E-state index contributed by atoms with van der Waals surface area (Å²) in [5, 5.41) is 6.61. The van der Waals surface area contributed by atoms with E-state index in [0.717, 1.165) is 23.3 Å². The number of anilines is 2. The number of nitrogens with two attached hydrogens (primary N) is 1. The second-order valence-corrected chi connectivity index (χ2v) is 5.73. The minimum atomic E-state index is -0.589. The Kier molecular flexibility index (Phi) is 4.09. The molecule has 134 valence electrons. The van der Waals surface area contributed by atoms with E-state index in [4.69, 9.17) is 15.2 Å². The summed E-state index contributed by atoms with van der Waals surface area (Å²) in [4.78, 5) is 20.6. The Balaban J connectivity index is 1.62. The van der Waals surface area contributed by atoms with Crippen molar-refractivity contribution < 1.29 is 18.7 Å². The first-order valence-electron chi connectivity index (χ1n) is 7.91. The summed E-state index contributed by atoms with van der Waals surface area (Å²) in [7, 11) is 0. The number of nitrogens with zero attached hydrogens (tertiary/aromatic N) is 4. The molecule has 3 N–H and O–H groups in total. The molecule has 0 spiro atoms. The number of carbonyl (C=O) groups is 1. The lowest BCUT2D eigenvalue weighted by atomic mass is 10.2. The second kappa shape index (κ2) is 6.56. The maximum Gasteiger partial charge on any atom is 0.263 e. The molecule has 9 nitrogen and oxygen atoms in total. The molecular weight excluding hydrogens is 343 g/mol. The van der Waals surface area contributed by atoms with Crippen molar-refractivity contribution in [1.82, 2.24) is 19.6 Å². The van der Waals surface area contributed by atoms with Gasteiger partial charge < -0.3 is 20.5 Å². The lowest BCUT2D eigenvalue weighted by molar-refractivity contribution is 0.102. The van der Waals surface area contributed by atoms with Gasteiger partial charge in [0.25, 0.3) is 5.91 Å². The van der Waals surface area contributed by atoms with Crippen molar-refractivity contribution in [2.45, 2.75) is 12.5 Å². The van der Waals surface area contributed by atoms with Crippen molar-refractivity contribution >= 4 is 23.1 Å². The number of carbonyl (C=O) groups excluding carboxylic acids is 1. The Morgan fingerprint density at radius 2 is 2.35 bits per heavy atom. The lowest BCUT2D eigenvalue weighted by Gasteiger charge is -2.15. The zero-order chi connectivity index (χ0) is 18.1. The number of fused-ring (bicyclic) bond motifs is 1. The van der Waals surface area contributed by atoms with Crippen LogP contribution in [0.15, 0.2) is 30.9 Å². The summed E-state index contributed by atoms with van der Waals surface area (Å²) in [6, 6.07) is 1.65. The van der Waals surface area contributed by atoms with Crippen molar-refractivity contribution in [2.24, 2.45) is 0 Å². The highest BCUT2D eigenvalue weighted by Gasteiger charge is 2.23. The van der Waals surface area contributed by atoms with Gasteiger partial charge in [-0.1, -0.05) is 0 Å². The van der Waals surface area contributed by atoms with Crippen molar-refractivity contribution in [1.29, 1.82) is 0 Å². The van der Waals surface area contributed by atoms with Gasteiger partial charge in [0.05, 0.1) is 31.8 Å². The first-order valence-corrected chi connectivity index (χ1v) is 7.91. The average Bonchev–Trinajstić information content (AvgIpc) is 3.23. The van der Waals surface area contributed by atoms with Gasteiger partial charge >= 0.3 is 0 Å². The molecule has 1 aliphatic heterocycles. The number of amides is 1. The van der Waals surface area contributed by atoms with Crippen LogP contribution in [0, 0.1) is 5.82 Å². The van der Waals surface area contributed by atoms with Crippen molar-refractivity contribution in [2.75, 3.05) is 24.3 Å². The van der Waals surface area contributed by atoms with Gasteiger partial charge in [-0.25, -0.2) is 13.9 Å². The van der Waals surface area contributed by atoms with Crippen LogP contribution in [0.5, 0.6) is 5.75 Å². The fraction of sp³-hybridized carbons (Fsp3) is 0.250. The molecule has 1 saturated heterocycles. The molecule has 0 aromatic carbocycles. The zero-order valence-electron chi connectivity index (χ0n) is 13.6. The molecule has 1 unspecified atom stereocenters. The fourth-order valence-corrected chi connectivity index (χ4v) is 2.70. The smallest absolute Gasteiger partial charge is 0.263 e. The van der Waals surface area contributed by atoms with Gasteiger partial charge in [-0.3, -0.25) is 9.78 Å². The molecule has 3 aromatic rings. The number of nitrogens with one attached hydrogen (secondary N) is 1. The van der Waals surface area contributed by atoms with Crippen LogP contribution in [0.2, 0.25) is 0 Å². The third-order valence-corrected chi connectivity index (χ3v) is 3.91. The second-order valence-electron chi connectivity index (χ2n) is 5.73. The zero-order valence-corrected chi connectivity index (χ0v) is 13.6. The standard InChI is InChI=1S/C16H15FN6O3/c17-9-5-20-15-13(14(18)22-23(15)7-9)16(24)21-11-6-19-3-1-12(11)26-10-2-4-25-8-10/h1,3,5-7,10H,2,4,8H2,(H2,18,22)(H,21,24). The van der Waals surface area contributed by atoms with Crippen molar-refractivity contribution in [3.05, 3.63) is 42.2 Å². The molecule has 1 aliphatic rings. The third-order valence-electron chi connectivity index (χ3n) is 3.91. The molecule has 1 atom stereocenters. The number of hydrogen-bond donors (Lipinski definition) is 2. The van der Waals surface area contributed by atoms with Gasteiger partial charge in [0, 0.05) is 18.7 Å². The van der Waals surface area contributed by atoms with Crippen LogP contribution in [-0.2, 0) is 4.74 Å². The Hall–Kier alpha value is -3.27. The Labute approximate surface area is 146 Å². The van der Waals surface area contributed by atoms with Gasteiger partial charge in [0.15, 0.2) is 17.3 Å². The minimum Gasteiger partial charge on any atom is -0.486 e. The van der Waals surface area contributed by atoms with Gasteiger partial charge in [-0.2, -0.15) is 0 Å². The van der Waals surface area contributed by atoms with Crippen LogP contribution in [0.4, 0.5) is 15.9 Å².